The van der Waals surface area contributed by atoms with Gasteiger partial charge in [-0.2, -0.15) is 0 Å². The third-order valence-corrected chi connectivity index (χ3v) is 5.20. The molecule has 3 aliphatic rings. The molecule has 3 heterocycles. The molecule has 0 bridgehead atoms. The molecule has 1 fully saturated rings. The van der Waals surface area contributed by atoms with E-state index in [9.17, 15) is 0 Å². The van der Waals surface area contributed by atoms with Gasteiger partial charge < -0.3 is 15.1 Å². The maximum Gasteiger partial charge on any atom is 0.0646 e. The number of likely N-dealkylation sites (N-methyl/N-ethyl adjacent to an activating group) is 1. The largest absolute Gasteiger partial charge is 0.371 e. The van der Waals surface area contributed by atoms with Crippen LogP contribution in [-0.4, -0.2) is 39.3 Å². The molecule has 0 saturated carbocycles. The van der Waals surface area contributed by atoms with E-state index in [0.29, 0.717) is 11.5 Å². The van der Waals surface area contributed by atoms with Crippen molar-refractivity contribution in [3.63, 3.8) is 0 Å². The van der Waals surface area contributed by atoms with Crippen molar-refractivity contribution in [1.82, 2.24) is 5.32 Å². The summed E-state index contributed by atoms with van der Waals surface area (Å²) in [5.41, 5.74) is 4.80. The van der Waals surface area contributed by atoms with Crippen LogP contribution in [-0.2, 0) is 5.41 Å². The number of hydrogen-bond donors (Lipinski definition) is 1. The molecular weight excluding hydrogens is 222 g/mol. The lowest BCUT2D eigenvalue weighted by atomic mass is 9.75. The number of piperidine rings is 1. The standard InChI is InChI=1S/C15H21N3/c1-15-10-16-7-6-13(15)18-9-8-17(2)12-5-3-4-11(15)14(12)18/h3-5,13,16H,6-10H2,1-2H3. The van der Waals surface area contributed by atoms with Crippen molar-refractivity contribution in [2.75, 3.05) is 43.0 Å². The van der Waals surface area contributed by atoms with Crippen LogP contribution < -0.4 is 15.1 Å². The molecule has 2 unspecified atom stereocenters. The fourth-order valence-electron chi connectivity index (χ4n) is 4.20. The number of anilines is 2. The van der Waals surface area contributed by atoms with Crippen molar-refractivity contribution in [1.29, 1.82) is 0 Å². The summed E-state index contributed by atoms with van der Waals surface area (Å²) in [4.78, 5) is 5.09. The lowest BCUT2D eigenvalue weighted by Crippen LogP contribution is -2.55. The minimum Gasteiger partial charge on any atom is -0.371 e. The second kappa shape index (κ2) is 3.41. The molecule has 1 aromatic rings. The van der Waals surface area contributed by atoms with E-state index in [1.54, 1.807) is 5.56 Å². The first kappa shape index (κ1) is 10.7. The van der Waals surface area contributed by atoms with Crippen molar-refractivity contribution in [2.45, 2.75) is 24.8 Å². The van der Waals surface area contributed by atoms with Crippen LogP contribution in [0.25, 0.3) is 0 Å². The summed E-state index contributed by atoms with van der Waals surface area (Å²) >= 11 is 0. The van der Waals surface area contributed by atoms with Crippen LogP contribution in [0.5, 0.6) is 0 Å². The third-order valence-electron chi connectivity index (χ3n) is 5.20. The summed E-state index contributed by atoms with van der Waals surface area (Å²) in [6.07, 6.45) is 1.27. The molecule has 2 atom stereocenters. The molecule has 0 spiro atoms. The Bertz CT molecular complexity index is 499. The van der Waals surface area contributed by atoms with Gasteiger partial charge in [0.25, 0.3) is 0 Å². The maximum atomic E-state index is 3.59. The van der Waals surface area contributed by atoms with Gasteiger partial charge in [-0.15, -0.1) is 0 Å². The number of fused-ring (bicyclic) bond motifs is 3. The second-order valence-corrected chi connectivity index (χ2v) is 6.19. The van der Waals surface area contributed by atoms with Gasteiger partial charge in [-0.25, -0.2) is 0 Å². The van der Waals surface area contributed by atoms with E-state index in [4.69, 9.17) is 0 Å². The minimum atomic E-state index is 0.300. The Kier molecular flexibility index (Phi) is 2.03. The molecule has 0 aromatic heterocycles. The Morgan fingerprint density at radius 2 is 2.22 bits per heavy atom. The second-order valence-electron chi connectivity index (χ2n) is 6.19. The van der Waals surface area contributed by atoms with Gasteiger partial charge in [0, 0.05) is 38.1 Å². The Hall–Kier alpha value is -1.22. The number of hydrogen-bond acceptors (Lipinski definition) is 3. The van der Waals surface area contributed by atoms with Gasteiger partial charge in [0.1, 0.15) is 0 Å². The van der Waals surface area contributed by atoms with E-state index in [-0.39, 0.29) is 0 Å². The fourth-order valence-corrected chi connectivity index (χ4v) is 4.20. The van der Waals surface area contributed by atoms with Crippen molar-refractivity contribution in [3.8, 4) is 0 Å². The fraction of sp³-hybridized carbons (Fsp3) is 0.600. The van der Waals surface area contributed by atoms with Gasteiger partial charge in [0.2, 0.25) is 0 Å². The highest BCUT2D eigenvalue weighted by Gasteiger charge is 2.50. The van der Waals surface area contributed by atoms with Crippen LogP contribution >= 0.6 is 0 Å². The Morgan fingerprint density at radius 3 is 3.11 bits per heavy atom. The minimum absolute atomic E-state index is 0.300. The predicted octanol–water partition coefficient (Wildman–Crippen LogP) is 1.58. The van der Waals surface area contributed by atoms with Gasteiger partial charge in [-0.3, -0.25) is 0 Å². The first-order chi connectivity index (χ1) is 8.72. The van der Waals surface area contributed by atoms with E-state index in [0.717, 1.165) is 19.6 Å². The highest BCUT2D eigenvalue weighted by molar-refractivity contribution is 5.81. The van der Waals surface area contributed by atoms with Gasteiger partial charge in [-0.05, 0) is 24.6 Å². The highest BCUT2D eigenvalue weighted by atomic mass is 15.3. The third kappa shape index (κ3) is 1.13. The number of benzene rings is 1. The summed E-state index contributed by atoms with van der Waals surface area (Å²) in [7, 11) is 2.22. The average Bonchev–Trinajstić information content (AvgIpc) is 2.65. The van der Waals surface area contributed by atoms with E-state index in [1.165, 1.54) is 24.3 Å². The molecule has 1 aromatic carbocycles. The number of rotatable bonds is 0. The molecule has 18 heavy (non-hydrogen) atoms. The first-order valence-corrected chi connectivity index (χ1v) is 7.04. The van der Waals surface area contributed by atoms with E-state index in [1.807, 2.05) is 0 Å². The predicted molar refractivity (Wildman–Crippen MR) is 75.7 cm³/mol. The van der Waals surface area contributed by atoms with Crippen LogP contribution in [0.15, 0.2) is 18.2 Å². The Balaban J connectivity index is 1.95. The number of nitrogens with zero attached hydrogens (tertiary/aromatic N) is 2. The van der Waals surface area contributed by atoms with Crippen molar-refractivity contribution in [3.05, 3.63) is 23.8 Å². The molecule has 0 amide bonds. The molecule has 1 saturated heterocycles. The van der Waals surface area contributed by atoms with Gasteiger partial charge >= 0.3 is 0 Å². The smallest absolute Gasteiger partial charge is 0.0646 e. The summed E-state index contributed by atoms with van der Waals surface area (Å²) < 4.78 is 0. The quantitative estimate of drug-likeness (QED) is 0.746. The lowest BCUT2D eigenvalue weighted by molar-refractivity contribution is 0.298. The summed E-state index contributed by atoms with van der Waals surface area (Å²) in [6, 6.07) is 7.55. The monoisotopic (exact) mass is 243 g/mol. The highest BCUT2D eigenvalue weighted by Crippen LogP contribution is 2.52. The van der Waals surface area contributed by atoms with Crippen molar-refractivity contribution < 1.29 is 0 Å². The van der Waals surface area contributed by atoms with E-state index >= 15 is 0 Å². The van der Waals surface area contributed by atoms with Gasteiger partial charge in [0.05, 0.1) is 11.4 Å². The zero-order chi connectivity index (χ0) is 12.3. The van der Waals surface area contributed by atoms with Crippen molar-refractivity contribution in [2.24, 2.45) is 0 Å². The van der Waals surface area contributed by atoms with Crippen LogP contribution in [0.2, 0.25) is 0 Å². The SMILES string of the molecule is CN1CCN2c3c1cccc3C1(C)CNCCC21. The van der Waals surface area contributed by atoms with E-state index < -0.39 is 0 Å². The van der Waals surface area contributed by atoms with Crippen LogP contribution in [0.1, 0.15) is 18.9 Å². The lowest BCUT2D eigenvalue weighted by Gasteiger charge is -2.43. The molecule has 3 heteroatoms. The van der Waals surface area contributed by atoms with Gasteiger partial charge in [-0.1, -0.05) is 19.1 Å². The molecule has 1 N–H and O–H groups in total. The Morgan fingerprint density at radius 1 is 1.33 bits per heavy atom. The summed E-state index contributed by atoms with van der Waals surface area (Å²) in [6.45, 7) is 7.05. The number of nitrogens with one attached hydrogen (secondary N) is 1. The van der Waals surface area contributed by atoms with Crippen LogP contribution in [0.4, 0.5) is 11.4 Å². The van der Waals surface area contributed by atoms with Crippen LogP contribution in [0, 0.1) is 0 Å². The molecule has 96 valence electrons. The number of para-hydroxylation sites is 1. The summed E-state index contributed by atoms with van der Waals surface area (Å²) in [5.74, 6) is 0. The molecule has 0 radical (unpaired) electrons. The molecule has 3 nitrogen and oxygen atoms in total. The average molecular weight is 243 g/mol. The Labute approximate surface area is 109 Å². The normalized spacial score (nSPS) is 33.3. The topological polar surface area (TPSA) is 18.5 Å². The zero-order valence-corrected chi connectivity index (χ0v) is 11.2. The first-order valence-electron chi connectivity index (χ1n) is 7.04. The van der Waals surface area contributed by atoms with Crippen LogP contribution in [0.3, 0.4) is 0 Å². The molecule has 3 aliphatic heterocycles. The molecule has 4 rings (SSSR count). The molecule has 0 aliphatic carbocycles. The van der Waals surface area contributed by atoms with Crippen molar-refractivity contribution >= 4 is 11.4 Å². The molecular formula is C15H21N3. The van der Waals surface area contributed by atoms with Gasteiger partial charge in [0.15, 0.2) is 0 Å². The van der Waals surface area contributed by atoms with E-state index in [2.05, 4.69) is 47.3 Å². The maximum absolute atomic E-state index is 3.59. The zero-order valence-electron chi connectivity index (χ0n) is 11.2. The summed E-state index contributed by atoms with van der Waals surface area (Å²) in [5, 5.41) is 3.59.